The molecule has 0 saturated carbocycles. The van der Waals surface area contributed by atoms with Crippen LogP contribution in [0.4, 0.5) is 8.78 Å². The van der Waals surface area contributed by atoms with Crippen molar-refractivity contribution in [3.05, 3.63) is 35.4 Å². The van der Waals surface area contributed by atoms with Gasteiger partial charge in [0.15, 0.2) is 0 Å². The molecular formula is C17H22F2N2O2. The van der Waals surface area contributed by atoms with E-state index in [1.165, 1.54) is 0 Å². The Bertz CT molecular complexity index is 582. The third-order valence-electron chi connectivity index (χ3n) is 5.12. The zero-order chi connectivity index (χ0) is 16.6. The Morgan fingerprint density at radius 2 is 1.96 bits per heavy atom. The SMILES string of the molecule is COCC1CCN(C)C2(C1)CN(C(=O)c1cc(F)cc(F)c1)C2. The molecule has 2 aliphatic heterocycles. The third-order valence-corrected chi connectivity index (χ3v) is 5.12. The van der Waals surface area contributed by atoms with E-state index in [2.05, 4.69) is 11.9 Å². The monoisotopic (exact) mass is 324 g/mol. The van der Waals surface area contributed by atoms with Gasteiger partial charge in [-0.15, -0.1) is 0 Å². The molecule has 0 aromatic heterocycles. The maximum atomic E-state index is 13.3. The topological polar surface area (TPSA) is 32.8 Å². The predicted octanol–water partition coefficient (Wildman–Crippen LogP) is 2.15. The normalized spacial score (nSPS) is 23.8. The zero-order valence-electron chi connectivity index (χ0n) is 13.5. The van der Waals surface area contributed by atoms with Crippen LogP contribution in [0.5, 0.6) is 0 Å². The van der Waals surface area contributed by atoms with Gasteiger partial charge in [-0.25, -0.2) is 8.78 Å². The minimum absolute atomic E-state index is 0.0248. The Kier molecular flexibility index (Phi) is 4.38. The van der Waals surface area contributed by atoms with Crippen LogP contribution in [0.2, 0.25) is 0 Å². The summed E-state index contributed by atoms with van der Waals surface area (Å²) in [4.78, 5) is 16.4. The summed E-state index contributed by atoms with van der Waals surface area (Å²) >= 11 is 0. The molecule has 6 heteroatoms. The van der Waals surface area contributed by atoms with Gasteiger partial charge in [0, 0.05) is 38.4 Å². The number of ether oxygens (including phenoxy) is 1. The number of likely N-dealkylation sites (N-methyl/N-ethyl adjacent to an activating group) is 1. The Hall–Kier alpha value is -1.53. The number of halogens is 2. The first kappa shape index (κ1) is 16.3. The van der Waals surface area contributed by atoms with Gasteiger partial charge < -0.3 is 9.64 Å². The van der Waals surface area contributed by atoms with Crippen LogP contribution in [0.3, 0.4) is 0 Å². The van der Waals surface area contributed by atoms with Crippen LogP contribution in [0.25, 0.3) is 0 Å². The Morgan fingerprint density at radius 1 is 1.30 bits per heavy atom. The second-order valence-electron chi connectivity index (χ2n) is 6.78. The van der Waals surface area contributed by atoms with Gasteiger partial charge in [-0.1, -0.05) is 0 Å². The number of amides is 1. The summed E-state index contributed by atoms with van der Waals surface area (Å²) < 4.78 is 31.8. The molecular weight excluding hydrogens is 302 g/mol. The molecule has 2 saturated heterocycles. The Morgan fingerprint density at radius 3 is 2.57 bits per heavy atom. The third kappa shape index (κ3) is 3.10. The first-order valence-electron chi connectivity index (χ1n) is 7.89. The van der Waals surface area contributed by atoms with E-state index in [0.717, 1.165) is 44.2 Å². The van der Waals surface area contributed by atoms with Crippen LogP contribution in [0.1, 0.15) is 23.2 Å². The van der Waals surface area contributed by atoms with E-state index >= 15 is 0 Å². The molecule has 1 spiro atoms. The van der Waals surface area contributed by atoms with Gasteiger partial charge in [0.25, 0.3) is 5.91 Å². The number of nitrogens with zero attached hydrogens (tertiary/aromatic N) is 2. The first-order chi connectivity index (χ1) is 10.9. The highest BCUT2D eigenvalue weighted by molar-refractivity contribution is 5.95. The lowest BCUT2D eigenvalue weighted by atomic mass is 9.75. The van der Waals surface area contributed by atoms with E-state index in [1.807, 2.05) is 0 Å². The van der Waals surface area contributed by atoms with Crippen LogP contribution in [-0.2, 0) is 4.74 Å². The molecule has 1 atom stereocenters. The van der Waals surface area contributed by atoms with Crippen molar-refractivity contribution >= 4 is 5.91 Å². The number of hydrogen-bond acceptors (Lipinski definition) is 3. The van der Waals surface area contributed by atoms with Gasteiger partial charge in [0.2, 0.25) is 0 Å². The first-order valence-corrected chi connectivity index (χ1v) is 7.89. The molecule has 2 fully saturated rings. The maximum absolute atomic E-state index is 13.3. The number of hydrogen-bond donors (Lipinski definition) is 0. The van der Waals surface area contributed by atoms with E-state index in [-0.39, 0.29) is 17.0 Å². The summed E-state index contributed by atoms with van der Waals surface area (Å²) in [5.74, 6) is -1.26. The van der Waals surface area contributed by atoms with Crippen LogP contribution in [0.15, 0.2) is 18.2 Å². The highest BCUT2D eigenvalue weighted by Crippen LogP contribution is 2.38. The summed E-state index contributed by atoms with van der Waals surface area (Å²) in [6.07, 6.45) is 2.08. The van der Waals surface area contributed by atoms with Crippen LogP contribution in [-0.4, -0.2) is 61.6 Å². The van der Waals surface area contributed by atoms with Crippen molar-refractivity contribution in [2.75, 3.05) is 40.4 Å². The van der Waals surface area contributed by atoms with Crippen molar-refractivity contribution < 1.29 is 18.3 Å². The number of piperidine rings is 1. The smallest absolute Gasteiger partial charge is 0.254 e. The number of carbonyl (C=O) groups excluding carboxylic acids is 1. The van der Waals surface area contributed by atoms with Crippen molar-refractivity contribution in [1.29, 1.82) is 0 Å². The number of methoxy groups -OCH3 is 1. The van der Waals surface area contributed by atoms with Gasteiger partial charge in [0.05, 0.1) is 5.54 Å². The fraction of sp³-hybridized carbons (Fsp3) is 0.588. The molecule has 126 valence electrons. The van der Waals surface area contributed by atoms with Gasteiger partial charge in [-0.2, -0.15) is 0 Å². The van der Waals surface area contributed by atoms with Crippen LogP contribution < -0.4 is 0 Å². The van der Waals surface area contributed by atoms with E-state index in [1.54, 1.807) is 12.0 Å². The molecule has 1 unspecified atom stereocenters. The van der Waals surface area contributed by atoms with E-state index in [9.17, 15) is 13.6 Å². The average Bonchev–Trinajstić information content (AvgIpc) is 2.45. The molecule has 2 heterocycles. The molecule has 4 nitrogen and oxygen atoms in total. The van der Waals surface area contributed by atoms with Crippen molar-refractivity contribution in [1.82, 2.24) is 9.80 Å². The van der Waals surface area contributed by atoms with Crippen molar-refractivity contribution in [3.63, 3.8) is 0 Å². The van der Waals surface area contributed by atoms with Gasteiger partial charge in [0.1, 0.15) is 11.6 Å². The molecule has 2 aliphatic rings. The van der Waals surface area contributed by atoms with E-state index < -0.39 is 11.6 Å². The average molecular weight is 324 g/mol. The molecule has 0 radical (unpaired) electrons. The quantitative estimate of drug-likeness (QED) is 0.854. The standard InChI is InChI=1S/C17H22F2N2O2/c1-20-4-3-12(9-23-2)8-17(20)10-21(11-17)16(22)13-5-14(18)7-15(19)6-13/h5-7,12H,3-4,8-11H2,1-2H3. The van der Waals surface area contributed by atoms with E-state index in [0.29, 0.717) is 19.0 Å². The molecule has 0 bridgehead atoms. The summed E-state index contributed by atoms with van der Waals surface area (Å²) in [5, 5.41) is 0. The zero-order valence-corrected chi connectivity index (χ0v) is 13.5. The largest absolute Gasteiger partial charge is 0.384 e. The summed E-state index contributed by atoms with van der Waals surface area (Å²) in [7, 11) is 3.78. The Balaban J connectivity index is 1.68. The number of carbonyl (C=O) groups is 1. The predicted molar refractivity (Wildman–Crippen MR) is 82.2 cm³/mol. The highest BCUT2D eigenvalue weighted by Gasteiger charge is 2.50. The summed E-state index contributed by atoms with van der Waals surface area (Å²) in [6, 6.07) is 2.96. The minimum Gasteiger partial charge on any atom is -0.384 e. The lowest BCUT2D eigenvalue weighted by molar-refractivity contribution is -0.0731. The second kappa shape index (κ2) is 6.17. The van der Waals surface area contributed by atoms with Crippen molar-refractivity contribution in [2.45, 2.75) is 18.4 Å². The fourth-order valence-corrected chi connectivity index (χ4v) is 3.82. The molecule has 23 heavy (non-hydrogen) atoms. The maximum Gasteiger partial charge on any atom is 0.254 e. The lowest BCUT2D eigenvalue weighted by Gasteiger charge is -2.58. The second-order valence-corrected chi connectivity index (χ2v) is 6.78. The molecule has 0 N–H and O–H groups in total. The lowest BCUT2D eigenvalue weighted by Crippen LogP contribution is -2.72. The molecule has 1 amide bonds. The van der Waals surface area contributed by atoms with Crippen LogP contribution in [0, 0.1) is 17.6 Å². The van der Waals surface area contributed by atoms with Crippen molar-refractivity contribution in [2.24, 2.45) is 5.92 Å². The van der Waals surface area contributed by atoms with E-state index in [4.69, 9.17) is 4.74 Å². The Labute approximate surface area is 135 Å². The summed E-state index contributed by atoms with van der Waals surface area (Å²) in [5.41, 5.74) is 0.0486. The summed E-state index contributed by atoms with van der Waals surface area (Å²) in [6.45, 7) is 2.91. The molecule has 3 rings (SSSR count). The highest BCUT2D eigenvalue weighted by atomic mass is 19.1. The van der Waals surface area contributed by atoms with Crippen molar-refractivity contribution in [3.8, 4) is 0 Å². The van der Waals surface area contributed by atoms with Crippen LogP contribution >= 0.6 is 0 Å². The van der Waals surface area contributed by atoms with Gasteiger partial charge in [-0.05, 0) is 44.5 Å². The molecule has 0 aliphatic carbocycles. The molecule has 1 aromatic carbocycles. The fourth-order valence-electron chi connectivity index (χ4n) is 3.82. The number of benzene rings is 1. The van der Waals surface area contributed by atoms with Gasteiger partial charge >= 0.3 is 0 Å². The number of likely N-dealkylation sites (tertiary alicyclic amines) is 2. The molecule has 1 aromatic rings. The minimum atomic E-state index is -0.724. The number of rotatable bonds is 3. The van der Waals surface area contributed by atoms with Gasteiger partial charge in [-0.3, -0.25) is 9.69 Å².